The van der Waals surface area contributed by atoms with E-state index in [2.05, 4.69) is 32.7 Å². The molecule has 0 heterocycles. The molecule has 0 saturated carbocycles. The zero-order valence-corrected chi connectivity index (χ0v) is 7.62. The van der Waals surface area contributed by atoms with Crippen LogP contribution in [0.1, 0.15) is 34.1 Å². The van der Waals surface area contributed by atoms with Crippen LogP contribution in [-0.4, -0.2) is 12.1 Å². The first kappa shape index (κ1) is 9.70. The quantitative estimate of drug-likeness (QED) is 0.592. The van der Waals surface area contributed by atoms with Crippen molar-refractivity contribution >= 4 is 0 Å². The van der Waals surface area contributed by atoms with Gasteiger partial charge in [-0.15, -0.1) is 0 Å². The van der Waals surface area contributed by atoms with Crippen molar-refractivity contribution in [3.05, 3.63) is 12.2 Å². The van der Waals surface area contributed by atoms with Gasteiger partial charge in [0.15, 0.2) is 0 Å². The largest absolute Gasteiger partial charge is 0.308 e. The lowest BCUT2D eigenvalue weighted by atomic mass is 10.0. The number of nitrogens with one attached hydrogen (secondary N) is 1. The molecular weight excluding hydrogens is 122 g/mol. The second kappa shape index (κ2) is 3.77. The summed E-state index contributed by atoms with van der Waals surface area (Å²) in [6.45, 7) is 13.4. The Bertz CT molecular complexity index is 114. The lowest BCUT2D eigenvalue weighted by Crippen LogP contribution is -2.39. The highest BCUT2D eigenvalue weighted by Gasteiger charge is 2.12. The summed E-state index contributed by atoms with van der Waals surface area (Å²) in [5, 5.41) is 3.41. The molecule has 0 aromatic rings. The van der Waals surface area contributed by atoms with Crippen LogP contribution in [0.2, 0.25) is 0 Å². The second-order valence-electron chi connectivity index (χ2n) is 3.55. The van der Waals surface area contributed by atoms with E-state index in [0.29, 0.717) is 0 Å². The average Bonchev–Trinajstić information content (AvgIpc) is 1.85. The molecule has 0 bridgehead atoms. The molecule has 10 heavy (non-hydrogen) atoms. The Balaban J connectivity index is 3.56. The molecule has 0 aromatic heterocycles. The molecule has 0 saturated heterocycles. The Labute approximate surface area is 64.5 Å². The van der Waals surface area contributed by atoms with Crippen LogP contribution in [0.25, 0.3) is 0 Å². The summed E-state index contributed by atoms with van der Waals surface area (Å²) in [6.07, 6.45) is 1.15. The van der Waals surface area contributed by atoms with Crippen molar-refractivity contribution in [3.8, 4) is 0 Å². The maximum Gasteiger partial charge on any atom is 0.0164 e. The van der Waals surface area contributed by atoms with Gasteiger partial charge in [0.1, 0.15) is 0 Å². The molecule has 0 atom stereocenters. The van der Waals surface area contributed by atoms with E-state index in [9.17, 15) is 0 Å². The highest BCUT2D eigenvalue weighted by Crippen LogP contribution is 2.06. The molecule has 0 spiro atoms. The Morgan fingerprint density at radius 3 is 2.30 bits per heavy atom. The number of hydrogen-bond acceptors (Lipinski definition) is 1. The van der Waals surface area contributed by atoms with Crippen molar-refractivity contribution in [1.29, 1.82) is 0 Å². The third-order valence-electron chi connectivity index (χ3n) is 1.75. The Kier molecular flexibility index (Phi) is 3.66. The first-order valence-corrected chi connectivity index (χ1v) is 3.87. The van der Waals surface area contributed by atoms with E-state index in [-0.39, 0.29) is 5.54 Å². The van der Waals surface area contributed by atoms with Gasteiger partial charge in [-0.1, -0.05) is 19.1 Å². The third-order valence-corrected chi connectivity index (χ3v) is 1.75. The van der Waals surface area contributed by atoms with Crippen LogP contribution in [0.3, 0.4) is 0 Å². The predicted molar refractivity (Wildman–Crippen MR) is 47.2 cm³/mol. The van der Waals surface area contributed by atoms with E-state index in [1.807, 2.05) is 6.92 Å². The summed E-state index contributed by atoms with van der Waals surface area (Å²) in [6, 6.07) is 0. The van der Waals surface area contributed by atoms with Crippen molar-refractivity contribution in [3.63, 3.8) is 0 Å². The fourth-order valence-electron chi connectivity index (χ4n) is 0.515. The molecule has 0 aliphatic rings. The lowest BCUT2D eigenvalue weighted by molar-refractivity contribution is 0.391. The minimum absolute atomic E-state index is 0.263. The number of rotatable bonds is 4. The van der Waals surface area contributed by atoms with Crippen molar-refractivity contribution in [2.24, 2.45) is 0 Å². The zero-order chi connectivity index (χ0) is 8.20. The second-order valence-corrected chi connectivity index (χ2v) is 3.55. The Morgan fingerprint density at radius 2 is 2.00 bits per heavy atom. The summed E-state index contributed by atoms with van der Waals surface area (Å²) < 4.78 is 0. The Morgan fingerprint density at radius 1 is 1.50 bits per heavy atom. The average molecular weight is 141 g/mol. The van der Waals surface area contributed by atoms with Gasteiger partial charge in [-0.2, -0.15) is 0 Å². The van der Waals surface area contributed by atoms with Crippen LogP contribution >= 0.6 is 0 Å². The van der Waals surface area contributed by atoms with E-state index < -0.39 is 0 Å². The molecule has 0 fully saturated rings. The summed E-state index contributed by atoms with van der Waals surface area (Å²) in [5.41, 5.74) is 1.46. The van der Waals surface area contributed by atoms with Crippen LogP contribution in [0.15, 0.2) is 12.2 Å². The molecule has 1 heteroatoms. The van der Waals surface area contributed by atoms with E-state index in [1.54, 1.807) is 0 Å². The van der Waals surface area contributed by atoms with Crippen LogP contribution in [-0.2, 0) is 0 Å². The minimum Gasteiger partial charge on any atom is -0.308 e. The predicted octanol–water partition coefficient (Wildman–Crippen LogP) is 2.34. The molecule has 0 radical (unpaired) electrons. The van der Waals surface area contributed by atoms with E-state index in [0.717, 1.165) is 13.0 Å². The standard InChI is InChI=1S/C9H19N/c1-6-9(4,5)10-7-8(2)3/h10H,2,6-7H2,1,3-5H3. The third kappa shape index (κ3) is 4.57. The summed E-state index contributed by atoms with van der Waals surface area (Å²) in [5.74, 6) is 0. The van der Waals surface area contributed by atoms with Gasteiger partial charge in [0.25, 0.3) is 0 Å². The number of hydrogen-bond donors (Lipinski definition) is 1. The maximum absolute atomic E-state index is 3.83. The first-order valence-electron chi connectivity index (χ1n) is 3.87. The van der Waals surface area contributed by atoms with Gasteiger partial charge in [0, 0.05) is 12.1 Å². The van der Waals surface area contributed by atoms with Crippen LogP contribution in [0.5, 0.6) is 0 Å². The highest BCUT2D eigenvalue weighted by atomic mass is 14.9. The van der Waals surface area contributed by atoms with Gasteiger partial charge in [0.05, 0.1) is 0 Å². The van der Waals surface area contributed by atoms with Crippen molar-refractivity contribution in [2.45, 2.75) is 39.7 Å². The SMILES string of the molecule is C=C(C)CNC(C)(C)CC. The zero-order valence-electron chi connectivity index (χ0n) is 7.62. The smallest absolute Gasteiger partial charge is 0.0164 e. The molecule has 0 unspecified atom stereocenters. The van der Waals surface area contributed by atoms with E-state index in [4.69, 9.17) is 0 Å². The van der Waals surface area contributed by atoms with E-state index in [1.165, 1.54) is 5.57 Å². The topological polar surface area (TPSA) is 12.0 Å². The molecule has 1 N–H and O–H groups in total. The lowest BCUT2D eigenvalue weighted by Gasteiger charge is -2.24. The van der Waals surface area contributed by atoms with Crippen molar-refractivity contribution < 1.29 is 0 Å². The fourth-order valence-corrected chi connectivity index (χ4v) is 0.515. The molecular formula is C9H19N. The van der Waals surface area contributed by atoms with Gasteiger partial charge in [-0.25, -0.2) is 0 Å². The first-order chi connectivity index (χ1) is 4.48. The molecule has 1 nitrogen and oxygen atoms in total. The Hall–Kier alpha value is -0.300. The van der Waals surface area contributed by atoms with Gasteiger partial charge in [-0.3, -0.25) is 0 Å². The fraction of sp³-hybridized carbons (Fsp3) is 0.778. The molecule has 0 aliphatic carbocycles. The van der Waals surface area contributed by atoms with Gasteiger partial charge >= 0.3 is 0 Å². The summed E-state index contributed by atoms with van der Waals surface area (Å²) in [4.78, 5) is 0. The van der Waals surface area contributed by atoms with Crippen molar-refractivity contribution in [2.75, 3.05) is 6.54 Å². The van der Waals surface area contributed by atoms with Gasteiger partial charge in [-0.05, 0) is 27.2 Å². The molecule has 0 amide bonds. The summed E-state index contributed by atoms with van der Waals surface area (Å²) in [7, 11) is 0. The van der Waals surface area contributed by atoms with Crippen LogP contribution < -0.4 is 5.32 Å². The van der Waals surface area contributed by atoms with Gasteiger partial charge < -0.3 is 5.32 Å². The molecule has 0 rings (SSSR count). The van der Waals surface area contributed by atoms with Gasteiger partial charge in [0.2, 0.25) is 0 Å². The highest BCUT2D eigenvalue weighted by molar-refractivity contribution is 4.93. The molecule has 0 aromatic carbocycles. The normalized spacial score (nSPS) is 11.6. The minimum atomic E-state index is 0.263. The molecule has 0 aliphatic heterocycles. The van der Waals surface area contributed by atoms with E-state index >= 15 is 0 Å². The maximum atomic E-state index is 3.83. The van der Waals surface area contributed by atoms with Crippen LogP contribution in [0, 0.1) is 0 Å². The molecule has 60 valence electrons. The van der Waals surface area contributed by atoms with Crippen LogP contribution in [0.4, 0.5) is 0 Å². The van der Waals surface area contributed by atoms with Crippen molar-refractivity contribution in [1.82, 2.24) is 5.32 Å². The summed E-state index contributed by atoms with van der Waals surface area (Å²) >= 11 is 0. The monoisotopic (exact) mass is 141 g/mol.